The average molecular weight is 424 g/mol. The van der Waals surface area contributed by atoms with Crippen LogP contribution in [0.4, 0.5) is 22.2 Å². The van der Waals surface area contributed by atoms with Gasteiger partial charge in [-0.1, -0.05) is 22.9 Å². The molecule has 0 atom stereocenters. The van der Waals surface area contributed by atoms with Crippen LogP contribution in [0, 0.1) is 30.3 Å². The topological polar surface area (TPSA) is 171 Å². The van der Waals surface area contributed by atoms with Crippen LogP contribution in [-0.4, -0.2) is 25.7 Å². The lowest BCUT2D eigenvalue weighted by Gasteiger charge is -2.03. The van der Waals surface area contributed by atoms with Gasteiger partial charge in [0.2, 0.25) is 0 Å². The zero-order chi connectivity index (χ0) is 20.6. The zero-order valence-electron chi connectivity index (χ0n) is 13.3. The van der Waals surface area contributed by atoms with Gasteiger partial charge in [0.25, 0.3) is 23.0 Å². The summed E-state index contributed by atoms with van der Waals surface area (Å²) in [7, 11) is 0. The highest BCUT2D eigenvalue weighted by Gasteiger charge is 2.27. The van der Waals surface area contributed by atoms with E-state index in [9.17, 15) is 35.1 Å². The third-order valence-electron chi connectivity index (χ3n) is 3.49. The molecule has 0 aliphatic rings. The number of nitrogens with one attached hydrogen (secondary N) is 1. The summed E-state index contributed by atoms with van der Waals surface area (Å²) in [6.07, 6.45) is 0. The molecule has 0 saturated carbocycles. The Balaban J connectivity index is 1.96. The fraction of sp³-hybridized carbons (Fsp3) is 0. The van der Waals surface area contributed by atoms with Gasteiger partial charge in [-0.05, 0) is 6.07 Å². The van der Waals surface area contributed by atoms with Gasteiger partial charge in [0.1, 0.15) is 0 Å². The molecule has 142 valence electrons. The summed E-state index contributed by atoms with van der Waals surface area (Å²) in [4.78, 5) is 46.9. The number of nitro groups is 3. The van der Waals surface area contributed by atoms with Crippen molar-refractivity contribution in [3.05, 3.63) is 71.3 Å². The monoisotopic (exact) mass is 423 g/mol. The first-order valence-electron chi connectivity index (χ1n) is 7.16. The van der Waals surface area contributed by atoms with Crippen LogP contribution < -0.4 is 5.32 Å². The molecule has 12 nitrogen and oxygen atoms in total. The zero-order valence-corrected chi connectivity index (χ0v) is 14.9. The Labute approximate surface area is 162 Å². The maximum atomic E-state index is 12.4. The Hall–Kier alpha value is -3.71. The molecule has 3 aromatic rings. The van der Waals surface area contributed by atoms with E-state index in [1.54, 1.807) is 0 Å². The van der Waals surface area contributed by atoms with E-state index in [2.05, 4.69) is 10.3 Å². The first kappa shape index (κ1) is 19.1. The van der Waals surface area contributed by atoms with Crippen molar-refractivity contribution in [3.8, 4) is 0 Å². The van der Waals surface area contributed by atoms with Crippen LogP contribution >= 0.6 is 22.9 Å². The van der Waals surface area contributed by atoms with Crippen LogP contribution in [0.15, 0.2) is 30.3 Å². The second kappa shape index (κ2) is 7.13. The van der Waals surface area contributed by atoms with Crippen LogP contribution in [0.25, 0.3) is 10.2 Å². The van der Waals surface area contributed by atoms with E-state index in [-0.39, 0.29) is 16.4 Å². The van der Waals surface area contributed by atoms with Crippen molar-refractivity contribution in [1.82, 2.24) is 4.98 Å². The lowest BCUT2D eigenvalue weighted by Crippen LogP contribution is -2.12. The minimum atomic E-state index is -0.942. The first-order valence-corrected chi connectivity index (χ1v) is 8.35. The summed E-state index contributed by atoms with van der Waals surface area (Å²) in [5.74, 6) is -0.892. The number of carbonyl (C=O) groups excluding carboxylic acids is 1. The normalized spacial score (nSPS) is 10.6. The number of non-ortho nitro benzene ring substituents is 1. The third kappa shape index (κ3) is 3.56. The molecule has 1 aromatic heterocycles. The van der Waals surface area contributed by atoms with E-state index in [4.69, 9.17) is 11.6 Å². The minimum Gasteiger partial charge on any atom is -0.298 e. The predicted octanol–water partition coefficient (Wildman–Crippen LogP) is 3.93. The number of benzene rings is 2. The maximum absolute atomic E-state index is 12.4. The quantitative estimate of drug-likeness (QED) is 0.474. The fourth-order valence-electron chi connectivity index (χ4n) is 2.24. The van der Waals surface area contributed by atoms with Crippen molar-refractivity contribution < 1.29 is 19.6 Å². The van der Waals surface area contributed by atoms with Gasteiger partial charge in [-0.25, -0.2) is 4.98 Å². The molecular formula is C14H6ClN5O7S. The smallest absolute Gasteiger partial charge is 0.295 e. The number of carbonyl (C=O) groups is 1. The molecule has 0 aliphatic heterocycles. The Bertz CT molecular complexity index is 1140. The van der Waals surface area contributed by atoms with Crippen LogP contribution in [0.5, 0.6) is 0 Å². The van der Waals surface area contributed by atoms with E-state index < -0.39 is 37.1 Å². The highest BCUT2D eigenvalue weighted by atomic mass is 35.5. The SMILES string of the molecule is O=C(Nc1nc2ccc([N+](=O)[O-])cc2s1)c1cc([N+](=O)[O-])c(Cl)c([N+](=O)[O-])c1. The number of anilines is 1. The summed E-state index contributed by atoms with van der Waals surface area (Å²) in [5, 5.41) is 34.6. The highest BCUT2D eigenvalue weighted by Crippen LogP contribution is 2.35. The molecule has 0 fully saturated rings. The molecule has 0 aliphatic carbocycles. The van der Waals surface area contributed by atoms with Crippen molar-refractivity contribution in [2.45, 2.75) is 0 Å². The molecule has 0 radical (unpaired) electrons. The van der Waals surface area contributed by atoms with Crippen molar-refractivity contribution >= 4 is 61.3 Å². The van der Waals surface area contributed by atoms with Crippen LogP contribution in [0.2, 0.25) is 5.02 Å². The van der Waals surface area contributed by atoms with Gasteiger partial charge in [0, 0.05) is 24.3 Å². The minimum absolute atomic E-state index is 0.0563. The Morgan fingerprint density at radius 3 is 2.14 bits per heavy atom. The molecule has 3 rings (SSSR count). The number of halogens is 1. The number of hydrogen-bond acceptors (Lipinski definition) is 9. The standard InChI is InChI=1S/C14H6ClN5O7S/c15-12-9(19(24)25)3-6(4-10(12)20(26)27)13(21)17-14-16-8-2-1-7(18(22)23)5-11(8)28-14/h1-5H,(H,16,17,21). The number of aromatic nitrogens is 1. The van der Waals surface area contributed by atoms with Gasteiger partial charge in [0.05, 0.1) is 30.6 Å². The lowest BCUT2D eigenvalue weighted by molar-refractivity contribution is -0.393. The molecule has 1 amide bonds. The average Bonchev–Trinajstić information content (AvgIpc) is 3.02. The summed E-state index contributed by atoms with van der Waals surface area (Å²) in [6.45, 7) is 0. The molecule has 0 saturated heterocycles. The van der Waals surface area contributed by atoms with Crippen molar-refractivity contribution in [2.24, 2.45) is 0 Å². The van der Waals surface area contributed by atoms with Gasteiger partial charge in [-0.3, -0.25) is 40.5 Å². The van der Waals surface area contributed by atoms with Crippen LogP contribution in [-0.2, 0) is 0 Å². The largest absolute Gasteiger partial charge is 0.298 e. The van der Waals surface area contributed by atoms with Crippen molar-refractivity contribution in [1.29, 1.82) is 0 Å². The molecule has 0 spiro atoms. The predicted molar refractivity (Wildman–Crippen MR) is 99.0 cm³/mol. The Morgan fingerprint density at radius 2 is 1.61 bits per heavy atom. The van der Waals surface area contributed by atoms with Gasteiger partial charge >= 0.3 is 0 Å². The van der Waals surface area contributed by atoms with Gasteiger partial charge in [-0.15, -0.1) is 0 Å². The van der Waals surface area contributed by atoms with E-state index in [1.807, 2.05) is 0 Å². The Morgan fingerprint density at radius 1 is 1.00 bits per heavy atom. The Kier molecular flexibility index (Phi) is 4.85. The molecule has 14 heteroatoms. The second-order valence-electron chi connectivity index (χ2n) is 5.22. The molecular weight excluding hydrogens is 418 g/mol. The van der Waals surface area contributed by atoms with Crippen LogP contribution in [0.3, 0.4) is 0 Å². The van der Waals surface area contributed by atoms with Gasteiger partial charge in [-0.2, -0.15) is 0 Å². The van der Waals surface area contributed by atoms with E-state index >= 15 is 0 Å². The number of nitro benzene ring substituents is 3. The second-order valence-corrected chi connectivity index (χ2v) is 6.63. The maximum Gasteiger partial charge on any atom is 0.295 e. The number of hydrogen-bond donors (Lipinski definition) is 1. The number of nitrogens with zero attached hydrogens (tertiary/aromatic N) is 4. The number of thiazole rings is 1. The summed E-state index contributed by atoms with van der Waals surface area (Å²) >= 11 is 6.58. The molecule has 0 unspecified atom stereocenters. The molecule has 1 heterocycles. The molecule has 1 N–H and O–H groups in total. The lowest BCUT2D eigenvalue weighted by atomic mass is 10.1. The van der Waals surface area contributed by atoms with Crippen LogP contribution in [0.1, 0.15) is 10.4 Å². The van der Waals surface area contributed by atoms with E-state index in [0.29, 0.717) is 10.2 Å². The molecule has 0 bridgehead atoms. The van der Waals surface area contributed by atoms with E-state index in [1.165, 1.54) is 18.2 Å². The highest BCUT2D eigenvalue weighted by molar-refractivity contribution is 7.22. The fourth-order valence-corrected chi connectivity index (χ4v) is 3.38. The van der Waals surface area contributed by atoms with Gasteiger partial charge < -0.3 is 0 Å². The van der Waals surface area contributed by atoms with Crippen molar-refractivity contribution in [3.63, 3.8) is 0 Å². The van der Waals surface area contributed by atoms with Gasteiger partial charge in [0.15, 0.2) is 10.2 Å². The molecule has 28 heavy (non-hydrogen) atoms. The summed E-state index contributed by atoms with van der Waals surface area (Å²) < 4.78 is 0.428. The van der Waals surface area contributed by atoms with Crippen molar-refractivity contribution in [2.75, 3.05) is 5.32 Å². The summed E-state index contributed by atoms with van der Waals surface area (Å²) in [5.41, 5.74) is -1.72. The third-order valence-corrected chi connectivity index (χ3v) is 4.81. The molecule has 2 aromatic carbocycles. The van der Waals surface area contributed by atoms with E-state index in [0.717, 1.165) is 23.5 Å². The number of rotatable bonds is 5. The summed E-state index contributed by atoms with van der Waals surface area (Å²) in [6, 6.07) is 5.55. The number of fused-ring (bicyclic) bond motifs is 1. The number of amides is 1. The first-order chi connectivity index (χ1) is 13.2.